The van der Waals surface area contributed by atoms with Crippen LogP contribution in [0.2, 0.25) is 0 Å². The summed E-state index contributed by atoms with van der Waals surface area (Å²) in [6, 6.07) is 0. The number of fused-ring (bicyclic) bond motifs is 2. The highest BCUT2D eigenvalue weighted by molar-refractivity contribution is 14.1. The van der Waals surface area contributed by atoms with Gasteiger partial charge in [0.25, 0.3) is 0 Å². The Kier molecular flexibility index (Phi) is 1.70. The lowest BCUT2D eigenvalue weighted by atomic mass is 9.92. The summed E-state index contributed by atoms with van der Waals surface area (Å²) in [7, 11) is 0. The predicted octanol–water partition coefficient (Wildman–Crippen LogP) is 2.23. The van der Waals surface area contributed by atoms with Crippen LogP contribution < -0.4 is 0 Å². The van der Waals surface area contributed by atoms with Gasteiger partial charge in [0.1, 0.15) is 0 Å². The SMILES string of the molecule is IC1C2CCC3SC1CC3O2. The lowest BCUT2D eigenvalue weighted by molar-refractivity contribution is -0.0606. The zero-order chi connectivity index (χ0) is 7.42. The van der Waals surface area contributed by atoms with Crippen molar-refractivity contribution in [3.05, 3.63) is 0 Å². The average molecular weight is 282 g/mol. The summed E-state index contributed by atoms with van der Waals surface area (Å²) in [6.45, 7) is 0. The third kappa shape index (κ3) is 1.000. The van der Waals surface area contributed by atoms with E-state index >= 15 is 0 Å². The van der Waals surface area contributed by atoms with Gasteiger partial charge in [0, 0.05) is 14.4 Å². The topological polar surface area (TPSA) is 9.23 Å². The summed E-state index contributed by atoms with van der Waals surface area (Å²) >= 11 is 4.79. The fraction of sp³-hybridized carbons (Fsp3) is 1.00. The lowest BCUT2D eigenvalue weighted by Crippen LogP contribution is -2.43. The maximum absolute atomic E-state index is 5.96. The van der Waals surface area contributed by atoms with Crippen LogP contribution in [0, 0.1) is 0 Å². The van der Waals surface area contributed by atoms with Gasteiger partial charge < -0.3 is 4.74 Å². The molecule has 3 rings (SSSR count). The van der Waals surface area contributed by atoms with Gasteiger partial charge in [-0.3, -0.25) is 0 Å². The minimum Gasteiger partial charge on any atom is -0.373 e. The first-order valence-corrected chi connectivity index (χ1v) is 6.48. The van der Waals surface area contributed by atoms with Crippen molar-refractivity contribution in [2.45, 2.75) is 45.9 Å². The second kappa shape index (κ2) is 2.51. The third-order valence-corrected chi connectivity index (χ3v) is 6.91. The van der Waals surface area contributed by atoms with Crippen molar-refractivity contribution in [1.82, 2.24) is 0 Å². The molecular weight excluding hydrogens is 271 g/mol. The second-order valence-corrected chi connectivity index (χ2v) is 6.60. The molecule has 0 spiro atoms. The summed E-state index contributed by atoms with van der Waals surface area (Å²) in [5, 5.41) is 1.78. The summed E-state index contributed by atoms with van der Waals surface area (Å²) in [5.74, 6) is 0. The van der Waals surface area contributed by atoms with Crippen LogP contribution >= 0.6 is 34.4 Å². The molecule has 1 nitrogen and oxygen atoms in total. The number of alkyl halides is 1. The summed E-state index contributed by atoms with van der Waals surface area (Å²) < 4.78 is 6.75. The van der Waals surface area contributed by atoms with Gasteiger partial charge in [-0.2, -0.15) is 11.8 Å². The standard InChI is InChI=1S/C8H11IOS/c9-8-4-1-2-6-5(10-4)3-7(8)11-6/h4-8H,1-3H2. The molecule has 62 valence electrons. The Bertz CT molecular complexity index is 179. The normalized spacial score (nSPS) is 60.3. The molecule has 0 saturated carbocycles. The molecule has 0 radical (unpaired) electrons. The van der Waals surface area contributed by atoms with Crippen molar-refractivity contribution in [2.75, 3.05) is 0 Å². The number of hydrogen-bond acceptors (Lipinski definition) is 2. The number of rotatable bonds is 0. The Balaban J connectivity index is 1.95. The first-order chi connectivity index (χ1) is 5.34. The Morgan fingerprint density at radius 3 is 3.00 bits per heavy atom. The van der Waals surface area contributed by atoms with E-state index in [1.807, 2.05) is 0 Å². The van der Waals surface area contributed by atoms with Gasteiger partial charge in [0.15, 0.2) is 0 Å². The molecule has 0 amide bonds. The highest BCUT2D eigenvalue weighted by atomic mass is 127. The van der Waals surface area contributed by atoms with Gasteiger partial charge in [0.2, 0.25) is 0 Å². The lowest BCUT2D eigenvalue weighted by Gasteiger charge is -2.36. The quantitative estimate of drug-likeness (QED) is 0.498. The Morgan fingerprint density at radius 2 is 2.09 bits per heavy atom. The smallest absolute Gasteiger partial charge is 0.0709 e. The highest BCUT2D eigenvalue weighted by Crippen LogP contribution is 2.51. The van der Waals surface area contributed by atoms with E-state index in [0.717, 1.165) is 14.4 Å². The fourth-order valence-corrected chi connectivity index (χ4v) is 5.47. The largest absolute Gasteiger partial charge is 0.373 e. The van der Waals surface area contributed by atoms with Crippen LogP contribution in [-0.4, -0.2) is 26.6 Å². The van der Waals surface area contributed by atoms with Gasteiger partial charge in [0.05, 0.1) is 12.2 Å². The minimum atomic E-state index is 0.602. The van der Waals surface area contributed by atoms with Gasteiger partial charge in [-0.1, -0.05) is 22.6 Å². The molecule has 3 heterocycles. The number of hydrogen-bond donors (Lipinski definition) is 0. The average Bonchev–Trinajstić information content (AvgIpc) is 2.33. The van der Waals surface area contributed by atoms with E-state index in [0.29, 0.717) is 12.2 Å². The van der Waals surface area contributed by atoms with E-state index in [-0.39, 0.29) is 0 Å². The zero-order valence-electron chi connectivity index (χ0n) is 6.20. The molecule has 5 unspecified atom stereocenters. The van der Waals surface area contributed by atoms with Crippen LogP contribution in [0.25, 0.3) is 0 Å². The third-order valence-electron chi connectivity index (χ3n) is 3.02. The van der Waals surface area contributed by atoms with Crippen LogP contribution in [0.1, 0.15) is 19.3 Å². The molecule has 3 fully saturated rings. The fourth-order valence-electron chi connectivity index (χ4n) is 2.45. The molecule has 3 saturated heterocycles. The molecule has 5 atom stereocenters. The van der Waals surface area contributed by atoms with Crippen molar-refractivity contribution in [3.8, 4) is 0 Å². The van der Waals surface area contributed by atoms with Crippen LogP contribution in [0.15, 0.2) is 0 Å². The van der Waals surface area contributed by atoms with E-state index in [1.165, 1.54) is 19.3 Å². The van der Waals surface area contributed by atoms with Crippen molar-refractivity contribution in [3.63, 3.8) is 0 Å². The molecule has 11 heavy (non-hydrogen) atoms. The first kappa shape index (κ1) is 7.44. The first-order valence-electron chi connectivity index (χ1n) is 4.29. The molecule has 0 aromatic rings. The van der Waals surface area contributed by atoms with Crippen LogP contribution in [-0.2, 0) is 4.74 Å². The van der Waals surface area contributed by atoms with E-state index in [2.05, 4.69) is 34.4 Å². The molecule has 0 aromatic carbocycles. The van der Waals surface area contributed by atoms with Crippen molar-refractivity contribution in [2.24, 2.45) is 0 Å². The highest BCUT2D eigenvalue weighted by Gasteiger charge is 2.50. The van der Waals surface area contributed by atoms with Crippen LogP contribution in [0.3, 0.4) is 0 Å². The van der Waals surface area contributed by atoms with Crippen LogP contribution in [0.4, 0.5) is 0 Å². The maximum Gasteiger partial charge on any atom is 0.0709 e. The molecule has 0 N–H and O–H groups in total. The molecular formula is C8H11IOS. The Morgan fingerprint density at radius 1 is 1.18 bits per heavy atom. The monoisotopic (exact) mass is 282 g/mol. The van der Waals surface area contributed by atoms with Gasteiger partial charge >= 0.3 is 0 Å². The molecule has 3 bridgehead atoms. The van der Waals surface area contributed by atoms with Gasteiger partial charge in [-0.25, -0.2) is 0 Å². The van der Waals surface area contributed by atoms with Crippen molar-refractivity contribution >= 4 is 34.4 Å². The summed E-state index contributed by atoms with van der Waals surface area (Å²) in [6.07, 6.45) is 5.30. The van der Waals surface area contributed by atoms with E-state index in [1.54, 1.807) is 0 Å². The van der Waals surface area contributed by atoms with Gasteiger partial charge in [-0.05, 0) is 19.3 Å². The maximum atomic E-state index is 5.96. The summed E-state index contributed by atoms with van der Waals surface area (Å²) in [5.41, 5.74) is 0. The zero-order valence-corrected chi connectivity index (χ0v) is 9.18. The Hall–Kier alpha value is 1.04. The van der Waals surface area contributed by atoms with Gasteiger partial charge in [-0.15, -0.1) is 0 Å². The van der Waals surface area contributed by atoms with Crippen molar-refractivity contribution < 1.29 is 4.74 Å². The second-order valence-electron chi connectivity index (χ2n) is 3.68. The van der Waals surface area contributed by atoms with E-state index < -0.39 is 0 Å². The minimum absolute atomic E-state index is 0.602. The number of ether oxygens (including phenoxy) is 1. The molecule has 3 heteroatoms. The Labute approximate surface area is 84.8 Å². The number of halogens is 1. The molecule has 0 aromatic heterocycles. The molecule has 3 aliphatic rings. The predicted molar refractivity (Wildman–Crippen MR) is 55.5 cm³/mol. The van der Waals surface area contributed by atoms with E-state index in [9.17, 15) is 0 Å². The van der Waals surface area contributed by atoms with Crippen molar-refractivity contribution in [1.29, 1.82) is 0 Å². The summed E-state index contributed by atoms with van der Waals surface area (Å²) in [4.78, 5) is 0. The molecule has 0 aliphatic carbocycles. The number of thioether (sulfide) groups is 1. The van der Waals surface area contributed by atoms with E-state index in [4.69, 9.17) is 4.74 Å². The molecule has 3 aliphatic heterocycles. The van der Waals surface area contributed by atoms with Crippen LogP contribution in [0.5, 0.6) is 0 Å².